The predicted molar refractivity (Wildman–Crippen MR) is 34.7 cm³/mol. The Morgan fingerprint density at radius 1 is 1.73 bits per heavy atom. The van der Waals surface area contributed by atoms with Crippen LogP contribution in [0.15, 0.2) is 17.8 Å². The quantitative estimate of drug-likeness (QED) is 0.378. The molecule has 0 saturated carbocycles. The van der Waals surface area contributed by atoms with Crippen molar-refractivity contribution in [3.63, 3.8) is 0 Å². The molecule has 0 bridgehead atoms. The van der Waals surface area contributed by atoms with Crippen LogP contribution in [0.25, 0.3) is 0 Å². The van der Waals surface area contributed by atoms with Gasteiger partial charge in [-0.1, -0.05) is 0 Å². The van der Waals surface area contributed by atoms with Crippen LogP contribution < -0.4 is 5.73 Å². The van der Waals surface area contributed by atoms with Crippen molar-refractivity contribution in [2.75, 3.05) is 0 Å². The molecule has 0 fully saturated rings. The molecule has 58 valence electrons. The highest BCUT2D eigenvalue weighted by atomic mass is 16.4. The molecule has 1 heterocycles. The minimum absolute atomic E-state index is 0.532. The van der Waals surface area contributed by atoms with Crippen molar-refractivity contribution in [2.24, 2.45) is 10.8 Å². The van der Waals surface area contributed by atoms with Crippen molar-refractivity contribution < 1.29 is 9.90 Å². The van der Waals surface area contributed by atoms with Gasteiger partial charge in [0.15, 0.2) is 0 Å². The molecule has 1 aromatic rings. The summed E-state index contributed by atoms with van der Waals surface area (Å²) in [4.78, 5) is 14.6. The smallest absolute Gasteiger partial charge is 0.373 e. The summed E-state index contributed by atoms with van der Waals surface area (Å²) in [6.07, 6.45) is 2.45. The van der Waals surface area contributed by atoms with Gasteiger partial charge < -0.3 is 10.8 Å². The van der Waals surface area contributed by atoms with Gasteiger partial charge in [-0.05, 0) is 0 Å². The minimum Gasteiger partial charge on any atom is -0.475 e. The van der Waals surface area contributed by atoms with Crippen LogP contribution >= 0.6 is 0 Å². The molecule has 1 aromatic heterocycles. The Kier molecular flexibility index (Phi) is 1.81. The third-order valence-corrected chi connectivity index (χ3v) is 0.836. The largest absolute Gasteiger partial charge is 0.475 e. The van der Waals surface area contributed by atoms with Crippen molar-refractivity contribution >= 4 is 11.8 Å². The number of carboxylic acid groups (broad SMARTS) is 1. The Labute approximate surface area is 61.1 Å². The fourth-order valence-corrected chi connectivity index (χ4v) is 0.407. The fourth-order valence-electron chi connectivity index (χ4n) is 0.407. The van der Waals surface area contributed by atoms with Gasteiger partial charge in [-0.15, -0.1) is 15.0 Å². The van der Waals surface area contributed by atoms with Crippen molar-refractivity contribution in [2.45, 2.75) is 0 Å². The molecule has 0 atom stereocenters. The highest BCUT2D eigenvalue weighted by Gasteiger charge is 2.02. The lowest BCUT2D eigenvalue weighted by Crippen LogP contribution is -2.24. The number of nitrogens with two attached hydrogens (primary N) is 1. The van der Waals surface area contributed by atoms with Gasteiger partial charge in [0.2, 0.25) is 5.84 Å². The van der Waals surface area contributed by atoms with Gasteiger partial charge in [-0.25, -0.2) is 9.78 Å². The molecule has 0 spiro atoms. The first-order chi connectivity index (χ1) is 5.20. The molecule has 0 saturated heterocycles. The number of rotatable bonds is 1. The van der Waals surface area contributed by atoms with Crippen LogP contribution in [0.3, 0.4) is 0 Å². The first kappa shape index (κ1) is 7.19. The second-order valence-electron chi connectivity index (χ2n) is 1.61. The molecular weight excluding hydrogens is 150 g/mol. The molecular formula is C4H5N5O2. The summed E-state index contributed by atoms with van der Waals surface area (Å²) < 4.78 is 0. The summed E-state index contributed by atoms with van der Waals surface area (Å²) in [7, 11) is 0. The number of aliphatic carboxylic acids is 1. The Morgan fingerprint density at radius 2 is 2.45 bits per heavy atom. The number of aromatic nitrogens is 3. The van der Waals surface area contributed by atoms with E-state index in [1.165, 1.54) is 12.7 Å². The van der Waals surface area contributed by atoms with Gasteiger partial charge in [-0.3, -0.25) is 0 Å². The summed E-state index contributed by atoms with van der Waals surface area (Å²) >= 11 is 0. The zero-order valence-corrected chi connectivity index (χ0v) is 5.38. The molecule has 1 rings (SSSR count). The molecule has 0 aliphatic rings. The molecule has 0 aromatic carbocycles. The molecule has 3 N–H and O–H groups in total. The predicted octanol–water partition coefficient (Wildman–Crippen LogP) is -1.52. The lowest BCUT2D eigenvalue weighted by Gasteiger charge is -1.90. The number of hydrogen-bond acceptors (Lipinski definition) is 4. The average Bonchev–Trinajstić information content (AvgIpc) is 2.39. The average molecular weight is 155 g/mol. The van der Waals surface area contributed by atoms with E-state index in [9.17, 15) is 4.79 Å². The maximum atomic E-state index is 10.1. The lowest BCUT2D eigenvalue weighted by molar-refractivity contribution is -0.129. The number of nitrogens with zero attached hydrogens (tertiary/aromatic N) is 4. The van der Waals surface area contributed by atoms with Crippen LogP contribution in [0.5, 0.6) is 0 Å². The van der Waals surface area contributed by atoms with Crippen LogP contribution in [0.4, 0.5) is 0 Å². The van der Waals surface area contributed by atoms with Crippen LogP contribution in [0.2, 0.25) is 0 Å². The fraction of sp³-hybridized carbons (Fsp3) is 0. The minimum atomic E-state index is -1.29. The molecule has 0 unspecified atom stereocenters. The lowest BCUT2D eigenvalue weighted by atomic mass is 10.6. The summed E-state index contributed by atoms with van der Waals surface area (Å²) in [5.41, 5.74) is 4.97. The van der Waals surface area contributed by atoms with E-state index < -0.39 is 11.8 Å². The third kappa shape index (κ3) is 1.75. The van der Waals surface area contributed by atoms with Gasteiger partial charge in [0.1, 0.15) is 12.7 Å². The molecule has 0 amide bonds. The first-order valence-corrected chi connectivity index (χ1v) is 2.62. The molecule has 7 heteroatoms. The van der Waals surface area contributed by atoms with E-state index in [0.29, 0.717) is 0 Å². The topological polar surface area (TPSA) is 106 Å². The first-order valence-electron chi connectivity index (χ1n) is 2.62. The Morgan fingerprint density at radius 3 is 2.91 bits per heavy atom. The maximum absolute atomic E-state index is 10.1. The highest BCUT2D eigenvalue weighted by molar-refractivity contribution is 6.33. The molecule has 11 heavy (non-hydrogen) atoms. The molecule has 0 aliphatic carbocycles. The van der Waals surface area contributed by atoms with Crippen LogP contribution in [0.1, 0.15) is 0 Å². The van der Waals surface area contributed by atoms with E-state index in [1.807, 2.05) is 0 Å². The molecule has 7 nitrogen and oxygen atoms in total. The third-order valence-electron chi connectivity index (χ3n) is 0.836. The van der Waals surface area contributed by atoms with E-state index >= 15 is 0 Å². The number of amidine groups is 1. The SMILES string of the molecule is N/C(=N\n1cncn1)C(=O)O. The number of carboxylic acids is 1. The monoisotopic (exact) mass is 155 g/mol. The van der Waals surface area contributed by atoms with E-state index in [1.54, 1.807) is 0 Å². The zero-order valence-electron chi connectivity index (χ0n) is 5.38. The second kappa shape index (κ2) is 2.78. The highest BCUT2D eigenvalue weighted by Crippen LogP contribution is 1.78. The van der Waals surface area contributed by atoms with Gasteiger partial charge >= 0.3 is 5.97 Å². The van der Waals surface area contributed by atoms with Crippen molar-refractivity contribution in [1.82, 2.24) is 14.9 Å². The summed E-state index contributed by atoms with van der Waals surface area (Å²) in [5.74, 6) is -1.82. The van der Waals surface area contributed by atoms with Gasteiger partial charge in [0, 0.05) is 0 Å². The number of hydrogen-bond donors (Lipinski definition) is 2. The van der Waals surface area contributed by atoms with Gasteiger partial charge in [0.25, 0.3) is 0 Å². The van der Waals surface area contributed by atoms with E-state index in [-0.39, 0.29) is 0 Å². The molecule has 0 aliphatic heterocycles. The normalized spacial score (nSPS) is 11.5. The molecule has 0 radical (unpaired) electrons. The van der Waals surface area contributed by atoms with Gasteiger partial charge in [0.05, 0.1) is 0 Å². The maximum Gasteiger partial charge on any atom is 0.373 e. The number of carbonyl (C=O) groups is 1. The Bertz CT molecular complexity index is 277. The summed E-state index contributed by atoms with van der Waals surface area (Å²) in [6, 6.07) is 0. The van der Waals surface area contributed by atoms with Gasteiger partial charge in [-0.2, -0.15) is 0 Å². The second-order valence-corrected chi connectivity index (χ2v) is 1.61. The van der Waals surface area contributed by atoms with E-state index in [2.05, 4.69) is 15.2 Å². The summed E-state index contributed by atoms with van der Waals surface area (Å²) in [5, 5.41) is 15.1. The summed E-state index contributed by atoms with van der Waals surface area (Å²) in [6.45, 7) is 0. The standard InChI is InChI=1S/C4H5N5O2/c5-3(4(10)11)8-9-2-6-1-7-9/h1-2H,(H2,5,8)(H,10,11). The van der Waals surface area contributed by atoms with Crippen molar-refractivity contribution in [3.05, 3.63) is 12.7 Å². The van der Waals surface area contributed by atoms with Crippen LogP contribution in [-0.4, -0.2) is 31.8 Å². The van der Waals surface area contributed by atoms with E-state index in [4.69, 9.17) is 10.8 Å². The van der Waals surface area contributed by atoms with Crippen molar-refractivity contribution in [1.29, 1.82) is 0 Å². The van der Waals surface area contributed by atoms with Crippen LogP contribution in [0, 0.1) is 0 Å². The van der Waals surface area contributed by atoms with E-state index in [0.717, 1.165) is 4.79 Å². The zero-order chi connectivity index (χ0) is 8.27. The Balaban J connectivity index is 2.82. The Hall–Kier alpha value is -1.92. The van der Waals surface area contributed by atoms with Crippen LogP contribution in [-0.2, 0) is 4.79 Å². The van der Waals surface area contributed by atoms with Crippen molar-refractivity contribution in [3.8, 4) is 0 Å².